The van der Waals surface area contributed by atoms with Gasteiger partial charge in [0.15, 0.2) is 0 Å². The number of carbonyl (C=O) groups is 1. The number of rotatable bonds is 6. The summed E-state index contributed by atoms with van der Waals surface area (Å²) >= 11 is 3.12. The van der Waals surface area contributed by atoms with Crippen molar-refractivity contribution >= 4 is 27.5 Å². The molecule has 104 valence electrons. The topological polar surface area (TPSA) is 72.2 Å². The molecule has 1 aromatic rings. The quantitative estimate of drug-likeness (QED) is 0.639. The van der Waals surface area contributed by atoms with Gasteiger partial charge < -0.3 is 5.32 Å². The van der Waals surface area contributed by atoms with E-state index in [1.54, 1.807) is 6.07 Å². The predicted octanol–water partition coefficient (Wildman–Crippen LogP) is 3.67. The van der Waals surface area contributed by atoms with Gasteiger partial charge in [0.25, 0.3) is 11.6 Å². The predicted molar refractivity (Wildman–Crippen MR) is 77.2 cm³/mol. The molecule has 0 aliphatic carbocycles. The number of unbranched alkanes of at least 4 members (excludes halogenated alkanes) is 1. The highest BCUT2D eigenvalue weighted by atomic mass is 79.9. The SMILES string of the molecule is CCCCC(C)NC(=O)c1cccc([N+](=O)[O-])c1Br. The zero-order valence-corrected chi connectivity index (χ0v) is 12.6. The molecule has 0 aromatic heterocycles. The number of hydrogen-bond donors (Lipinski definition) is 1. The van der Waals surface area contributed by atoms with Gasteiger partial charge in [-0.15, -0.1) is 0 Å². The number of amides is 1. The lowest BCUT2D eigenvalue weighted by Gasteiger charge is -2.14. The molecule has 1 rings (SSSR count). The van der Waals surface area contributed by atoms with Crippen LogP contribution < -0.4 is 5.32 Å². The van der Waals surface area contributed by atoms with E-state index >= 15 is 0 Å². The third kappa shape index (κ3) is 4.31. The minimum Gasteiger partial charge on any atom is -0.350 e. The molecule has 0 bridgehead atoms. The minimum absolute atomic E-state index is 0.0543. The molecule has 0 saturated carbocycles. The summed E-state index contributed by atoms with van der Waals surface area (Å²) in [6.45, 7) is 4.02. The smallest absolute Gasteiger partial charge is 0.284 e. The second-order valence-corrected chi connectivity index (χ2v) is 5.21. The van der Waals surface area contributed by atoms with Crippen LogP contribution in [0.15, 0.2) is 22.7 Å². The minimum atomic E-state index is -0.513. The van der Waals surface area contributed by atoms with Crippen LogP contribution in [0, 0.1) is 10.1 Å². The monoisotopic (exact) mass is 328 g/mol. The number of carbonyl (C=O) groups excluding carboxylic acids is 1. The van der Waals surface area contributed by atoms with Crippen LogP contribution in [0.25, 0.3) is 0 Å². The van der Waals surface area contributed by atoms with Crippen LogP contribution in [0.4, 0.5) is 5.69 Å². The van der Waals surface area contributed by atoms with Crippen LogP contribution in [0.3, 0.4) is 0 Å². The van der Waals surface area contributed by atoms with Gasteiger partial charge in [-0.3, -0.25) is 14.9 Å². The number of nitro groups is 1. The Hall–Kier alpha value is -1.43. The second kappa shape index (κ2) is 7.23. The standard InChI is InChI=1S/C13H17BrN2O3/c1-3-4-6-9(2)15-13(17)10-7-5-8-11(12(10)14)16(18)19/h5,7-9H,3-4,6H2,1-2H3,(H,15,17). The molecule has 1 amide bonds. The Morgan fingerprint density at radius 2 is 2.21 bits per heavy atom. The third-order valence-corrected chi connectivity index (χ3v) is 3.62. The molecule has 0 fully saturated rings. The van der Waals surface area contributed by atoms with Gasteiger partial charge in [0.05, 0.1) is 10.5 Å². The van der Waals surface area contributed by atoms with E-state index in [0.717, 1.165) is 19.3 Å². The Balaban J connectivity index is 2.83. The number of nitrogens with zero attached hydrogens (tertiary/aromatic N) is 1. The van der Waals surface area contributed by atoms with Crippen molar-refractivity contribution in [3.63, 3.8) is 0 Å². The Bertz CT molecular complexity index is 477. The molecule has 0 spiro atoms. The Morgan fingerprint density at radius 3 is 2.79 bits per heavy atom. The zero-order chi connectivity index (χ0) is 14.4. The maximum Gasteiger partial charge on any atom is 0.284 e. The summed E-state index contributed by atoms with van der Waals surface area (Å²) < 4.78 is 0.222. The van der Waals surface area contributed by atoms with E-state index in [1.807, 2.05) is 6.92 Å². The first kappa shape index (κ1) is 15.6. The molecule has 0 aliphatic rings. The van der Waals surface area contributed by atoms with Gasteiger partial charge in [-0.05, 0) is 35.3 Å². The second-order valence-electron chi connectivity index (χ2n) is 4.41. The average molecular weight is 329 g/mol. The first-order valence-corrected chi connectivity index (χ1v) is 7.00. The first-order valence-electron chi connectivity index (χ1n) is 6.21. The molecular weight excluding hydrogens is 312 g/mol. The van der Waals surface area contributed by atoms with E-state index in [1.165, 1.54) is 12.1 Å². The molecule has 1 N–H and O–H groups in total. The summed E-state index contributed by atoms with van der Waals surface area (Å²) in [5, 5.41) is 13.7. The first-order chi connectivity index (χ1) is 8.97. The van der Waals surface area contributed by atoms with E-state index < -0.39 is 4.92 Å². The normalized spacial score (nSPS) is 11.9. The summed E-state index contributed by atoms with van der Waals surface area (Å²) in [6, 6.07) is 4.49. The van der Waals surface area contributed by atoms with Gasteiger partial charge in [0.1, 0.15) is 4.47 Å². The summed E-state index contributed by atoms with van der Waals surface area (Å²) in [7, 11) is 0. The van der Waals surface area contributed by atoms with Gasteiger partial charge in [-0.2, -0.15) is 0 Å². The molecule has 0 heterocycles. The van der Waals surface area contributed by atoms with E-state index in [9.17, 15) is 14.9 Å². The number of halogens is 1. The van der Waals surface area contributed by atoms with Crippen LogP contribution in [-0.2, 0) is 0 Å². The summed E-state index contributed by atoms with van der Waals surface area (Å²) in [5.41, 5.74) is 0.186. The molecule has 6 heteroatoms. The fraction of sp³-hybridized carbons (Fsp3) is 0.462. The lowest BCUT2D eigenvalue weighted by Crippen LogP contribution is -2.32. The largest absolute Gasteiger partial charge is 0.350 e. The van der Waals surface area contributed by atoms with Crippen molar-refractivity contribution in [3.05, 3.63) is 38.3 Å². The highest BCUT2D eigenvalue weighted by Gasteiger charge is 2.20. The molecule has 1 unspecified atom stereocenters. The van der Waals surface area contributed by atoms with Crippen LogP contribution in [-0.4, -0.2) is 16.9 Å². The van der Waals surface area contributed by atoms with Crippen molar-refractivity contribution in [2.75, 3.05) is 0 Å². The van der Waals surface area contributed by atoms with Crippen LogP contribution in [0.5, 0.6) is 0 Å². The molecule has 0 radical (unpaired) electrons. The molecule has 5 nitrogen and oxygen atoms in total. The van der Waals surface area contributed by atoms with Crippen molar-refractivity contribution in [1.29, 1.82) is 0 Å². The fourth-order valence-corrected chi connectivity index (χ4v) is 2.31. The van der Waals surface area contributed by atoms with Gasteiger partial charge in [0, 0.05) is 12.1 Å². The van der Waals surface area contributed by atoms with Crippen molar-refractivity contribution in [1.82, 2.24) is 5.32 Å². The maximum absolute atomic E-state index is 12.1. The molecule has 0 saturated heterocycles. The Labute approximate surface area is 120 Å². The number of nitrogens with one attached hydrogen (secondary N) is 1. The number of hydrogen-bond acceptors (Lipinski definition) is 3. The van der Waals surface area contributed by atoms with Gasteiger partial charge in [-0.1, -0.05) is 25.8 Å². The van der Waals surface area contributed by atoms with E-state index in [0.29, 0.717) is 0 Å². The van der Waals surface area contributed by atoms with E-state index in [4.69, 9.17) is 0 Å². The van der Waals surface area contributed by atoms with Crippen LogP contribution in [0.2, 0.25) is 0 Å². The Morgan fingerprint density at radius 1 is 1.53 bits per heavy atom. The maximum atomic E-state index is 12.1. The third-order valence-electron chi connectivity index (χ3n) is 2.79. The van der Waals surface area contributed by atoms with E-state index in [-0.39, 0.29) is 27.7 Å². The number of nitro benzene ring substituents is 1. The lowest BCUT2D eigenvalue weighted by molar-refractivity contribution is -0.385. The average Bonchev–Trinajstić information content (AvgIpc) is 2.36. The molecule has 0 aliphatic heterocycles. The highest BCUT2D eigenvalue weighted by Crippen LogP contribution is 2.28. The fourth-order valence-electron chi connectivity index (χ4n) is 1.72. The summed E-state index contributed by atoms with van der Waals surface area (Å²) in [6.07, 6.45) is 3.01. The van der Waals surface area contributed by atoms with Gasteiger partial charge in [-0.25, -0.2) is 0 Å². The van der Waals surface area contributed by atoms with Gasteiger partial charge >= 0.3 is 0 Å². The van der Waals surface area contributed by atoms with Crippen molar-refractivity contribution < 1.29 is 9.72 Å². The number of benzene rings is 1. The van der Waals surface area contributed by atoms with Crippen LogP contribution >= 0.6 is 15.9 Å². The molecular formula is C13H17BrN2O3. The molecule has 19 heavy (non-hydrogen) atoms. The van der Waals surface area contributed by atoms with Crippen molar-refractivity contribution in [2.45, 2.75) is 39.2 Å². The summed E-state index contributed by atoms with van der Waals surface area (Å²) in [4.78, 5) is 22.3. The van der Waals surface area contributed by atoms with Gasteiger partial charge in [0.2, 0.25) is 0 Å². The molecule has 1 aromatic carbocycles. The lowest BCUT2D eigenvalue weighted by atomic mass is 10.1. The summed E-state index contributed by atoms with van der Waals surface area (Å²) in [5.74, 6) is -0.292. The van der Waals surface area contributed by atoms with Crippen LogP contribution in [0.1, 0.15) is 43.5 Å². The van der Waals surface area contributed by atoms with Crippen molar-refractivity contribution in [2.24, 2.45) is 0 Å². The zero-order valence-electron chi connectivity index (χ0n) is 11.0. The Kier molecular flexibility index (Phi) is 5.95. The highest BCUT2D eigenvalue weighted by molar-refractivity contribution is 9.10. The van der Waals surface area contributed by atoms with Crippen molar-refractivity contribution in [3.8, 4) is 0 Å². The van der Waals surface area contributed by atoms with E-state index in [2.05, 4.69) is 28.2 Å². The molecule has 1 atom stereocenters.